The van der Waals surface area contributed by atoms with Crippen LogP contribution in [0, 0.1) is 5.92 Å². The van der Waals surface area contributed by atoms with Crippen LogP contribution in [0.2, 0.25) is 0 Å². The molecule has 0 aromatic carbocycles. The second-order valence-electron chi connectivity index (χ2n) is 6.78. The van der Waals surface area contributed by atoms with Crippen LogP contribution in [0.3, 0.4) is 0 Å². The van der Waals surface area contributed by atoms with Crippen LogP contribution in [0.15, 0.2) is 35.3 Å². The minimum absolute atomic E-state index is 0.0496. The van der Waals surface area contributed by atoms with Gasteiger partial charge < -0.3 is 9.73 Å². The van der Waals surface area contributed by atoms with Gasteiger partial charge >= 0.3 is 0 Å². The Kier molecular flexibility index (Phi) is 4.52. The molecule has 8 nitrogen and oxygen atoms in total. The zero-order valence-corrected chi connectivity index (χ0v) is 15.9. The van der Waals surface area contributed by atoms with Crippen molar-refractivity contribution in [2.45, 2.75) is 30.3 Å². The Morgan fingerprint density at radius 2 is 2.15 bits per heavy atom. The summed E-state index contributed by atoms with van der Waals surface area (Å²) in [6.45, 7) is 0.900. The van der Waals surface area contributed by atoms with Crippen LogP contribution in [0.5, 0.6) is 0 Å². The number of nitrogens with one attached hydrogen (secondary N) is 3. The molecule has 0 bridgehead atoms. The second kappa shape index (κ2) is 7.16. The molecule has 140 valence electrons. The van der Waals surface area contributed by atoms with Gasteiger partial charge in [-0.15, -0.1) is 21.8 Å². The monoisotopic (exact) mass is 403 g/mol. The molecular weight excluding hydrogens is 386 g/mol. The number of rotatable bonds is 4. The first-order valence-electron chi connectivity index (χ1n) is 8.86. The zero-order valence-electron chi connectivity index (χ0n) is 14.3. The van der Waals surface area contributed by atoms with E-state index in [1.807, 2.05) is 6.07 Å². The van der Waals surface area contributed by atoms with Gasteiger partial charge in [0.05, 0.1) is 17.1 Å². The van der Waals surface area contributed by atoms with Gasteiger partial charge in [-0.25, -0.2) is 4.98 Å². The number of hydrogen-bond acceptors (Lipinski definition) is 9. The van der Waals surface area contributed by atoms with Gasteiger partial charge in [0, 0.05) is 42.5 Å². The average molecular weight is 404 g/mol. The van der Waals surface area contributed by atoms with E-state index in [2.05, 4.69) is 36.3 Å². The summed E-state index contributed by atoms with van der Waals surface area (Å²) in [5.74, 6) is 0.958. The van der Waals surface area contributed by atoms with Gasteiger partial charge in [0.1, 0.15) is 6.26 Å². The van der Waals surface area contributed by atoms with Gasteiger partial charge in [-0.05, 0) is 18.9 Å². The van der Waals surface area contributed by atoms with Gasteiger partial charge in [-0.3, -0.25) is 15.8 Å². The first-order chi connectivity index (χ1) is 13.3. The minimum Gasteiger partial charge on any atom is -0.444 e. The highest BCUT2D eigenvalue weighted by molar-refractivity contribution is 7.18. The highest BCUT2D eigenvalue weighted by Crippen LogP contribution is 2.34. The van der Waals surface area contributed by atoms with E-state index in [0.717, 1.165) is 40.7 Å². The largest absolute Gasteiger partial charge is 0.444 e. The maximum atomic E-state index is 6.72. The molecule has 3 N–H and O–H groups in total. The van der Waals surface area contributed by atoms with Gasteiger partial charge in [0.2, 0.25) is 11.0 Å². The highest BCUT2D eigenvalue weighted by atomic mass is 35.5. The van der Waals surface area contributed by atoms with E-state index in [1.165, 1.54) is 11.3 Å². The third-order valence-corrected chi connectivity index (χ3v) is 6.65. The normalized spacial score (nSPS) is 27.4. The number of hydrazine groups is 1. The van der Waals surface area contributed by atoms with Crippen molar-refractivity contribution < 1.29 is 4.42 Å². The third-order valence-electron chi connectivity index (χ3n) is 5.12. The first-order valence-corrected chi connectivity index (χ1v) is 10.1. The van der Waals surface area contributed by atoms with E-state index in [1.54, 1.807) is 24.9 Å². The van der Waals surface area contributed by atoms with Gasteiger partial charge in [-0.1, -0.05) is 11.3 Å². The third kappa shape index (κ3) is 3.31. The number of oxazole rings is 1. The van der Waals surface area contributed by atoms with Gasteiger partial charge in [0.15, 0.2) is 5.01 Å². The molecular formula is C17H18ClN7OS. The van der Waals surface area contributed by atoms with Crippen LogP contribution in [0.1, 0.15) is 12.8 Å². The van der Waals surface area contributed by atoms with Gasteiger partial charge in [-0.2, -0.15) is 0 Å². The summed E-state index contributed by atoms with van der Waals surface area (Å²) in [6.07, 6.45) is 8.73. The number of anilines is 1. The van der Waals surface area contributed by atoms with Crippen molar-refractivity contribution in [3.05, 3.63) is 30.9 Å². The summed E-state index contributed by atoms with van der Waals surface area (Å²) in [6, 6.07) is 2.60. The number of fused-ring (bicyclic) bond motifs is 1. The van der Waals surface area contributed by atoms with E-state index in [4.69, 9.17) is 16.0 Å². The molecule has 10 heteroatoms. The zero-order chi connectivity index (χ0) is 18.2. The predicted molar refractivity (Wildman–Crippen MR) is 103 cm³/mol. The summed E-state index contributed by atoms with van der Waals surface area (Å²) < 4.78 is 5.34. The lowest BCUT2D eigenvalue weighted by Gasteiger charge is -2.35. The van der Waals surface area contributed by atoms with Crippen LogP contribution >= 0.6 is 22.9 Å². The van der Waals surface area contributed by atoms with E-state index in [0.29, 0.717) is 17.9 Å². The Morgan fingerprint density at radius 3 is 3.04 bits per heavy atom. The SMILES string of the molecule is ClC1C(Nc2nnc(-c3cncc(-c4ncco4)c3)s2)CCC2NNCC21. The molecule has 5 rings (SSSR count). The van der Waals surface area contributed by atoms with Gasteiger partial charge in [0.25, 0.3) is 0 Å². The molecule has 3 aromatic heterocycles. The van der Waals surface area contributed by atoms with Crippen molar-refractivity contribution in [3.8, 4) is 22.0 Å². The number of halogens is 1. The Bertz CT molecular complexity index is 918. The minimum atomic E-state index is 0.0496. The molecule has 2 aliphatic rings. The number of hydrogen-bond donors (Lipinski definition) is 3. The lowest BCUT2D eigenvalue weighted by atomic mass is 9.82. The number of aromatic nitrogens is 4. The number of nitrogens with zero attached hydrogens (tertiary/aromatic N) is 4. The molecule has 27 heavy (non-hydrogen) atoms. The topological polar surface area (TPSA) is 101 Å². The smallest absolute Gasteiger partial charge is 0.227 e. The molecule has 4 heterocycles. The molecule has 1 aliphatic heterocycles. The van der Waals surface area contributed by atoms with E-state index < -0.39 is 0 Å². The van der Waals surface area contributed by atoms with E-state index >= 15 is 0 Å². The molecule has 0 amide bonds. The predicted octanol–water partition coefficient (Wildman–Crippen LogP) is 2.53. The summed E-state index contributed by atoms with van der Waals surface area (Å²) in [5.41, 5.74) is 8.21. The van der Waals surface area contributed by atoms with Crippen LogP contribution in [0.4, 0.5) is 5.13 Å². The molecule has 0 radical (unpaired) electrons. The van der Waals surface area contributed by atoms with Crippen molar-refractivity contribution in [3.63, 3.8) is 0 Å². The highest BCUT2D eigenvalue weighted by Gasteiger charge is 2.41. The second-order valence-corrected chi connectivity index (χ2v) is 8.26. The van der Waals surface area contributed by atoms with Crippen molar-refractivity contribution in [2.75, 3.05) is 11.9 Å². The summed E-state index contributed by atoms with van der Waals surface area (Å²) >= 11 is 8.22. The molecule has 2 fully saturated rings. The molecule has 4 unspecified atom stereocenters. The standard InChI is InChI=1S/C17H18ClN7OS/c18-14-11-8-21-23-12(11)1-2-13(14)22-17-25-24-16(27-17)10-5-9(6-19-7-10)15-20-3-4-26-15/h3-7,11-14,21,23H,1-2,8H2,(H,22,25). The molecule has 1 saturated heterocycles. The number of pyridine rings is 1. The molecule has 0 spiro atoms. The lowest BCUT2D eigenvalue weighted by Crippen LogP contribution is -2.47. The van der Waals surface area contributed by atoms with Crippen LogP contribution < -0.4 is 16.2 Å². The van der Waals surface area contributed by atoms with E-state index in [-0.39, 0.29) is 11.4 Å². The molecule has 1 saturated carbocycles. The van der Waals surface area contributed by atoms with Crippen molar-refractivity contribution in [1.29, 1.82) is 0 Å². The maximum absolute atomic E-state index is 6.72. The fraction of sp³-hybridized carbons (Fsp3) is 0.412. The van der Waals surface area contributed by atoms with E-state index in [9.17, 15) is 0 Å². The van der Waals surface area contributed by atoms with Crippen LogP contribution in [-0.2, 0) is 0 Å². The lowest BCUT2D eigenvalue weighted by molar-refractivity contribution is 0.320. The van der Waals surface area contributed by atoms with Crippen molar-refractivity contribution in [1.82, 2.24) is 31.0 Å². The van der Waals surface area contributed by atoms with Crippen molar-refractivity contribution >= 4 is 28.1 Å². The first kappa shape index (κ1) is 17.1. The fourth-order valence-corrected chi connectivity index (χ4v) is 4.98. The van der Waals surface area contributed by atoms with Crippen molar-refractivity contribution in [2.24, 2.45) is 5.92 Å². The number of alkyl halides is 1. The maximum Gasteiger partial charge on any atom is 0.227 e. The quantitative estimate of drug-likeness (QED) is 0.571. The Hall–Kier alpha value is -2.07. The Labute approximate surface area is 164 Å². The summed E-state index contributed by atoms with van der Waals surface area (Å²) in [4.78, 5) is 8.44. The molecule has 3 aromatic rings. The average Bonchev–Trinajstić information content (AvgIpc) is 3.46. The fourth-order valence-electron chi connectivity index (χ4n) is 3.74. The Balaban J connectivity index is 1.32. The summed E-state index contributed by atoms with van der Waals surface area (Å²) in [7, 11) is 0. The molecule has 4 atom stereocenters. The molecule has 1 aliphatic carbocycles. The Morgan fingerprint density at radius 1 is 1.22 bits per heavy atom. The summed E-state index contributed by atoms with van der Waals surface area (Å²) in [5, 5.41) is 13.7. The van der Waals surface area contributed by atoms with Crippen LogP contribution in [0.25, 0.3) is 22.0 Å². The van der Waals surface area contributed by atoms with Crippen LogP contribution in [-0.4, -0.2) is 44.2 Å².